The van der Waals surface area contributed by atoms with Crippen molar-refractivity contribution in [3.8, 4) is 11.5 Å². The van der Waals surface area contributed by atoms with Gasteiger partial charge in [0, 0.05) is 32.0 Å². The molecule has 0 radical (unpaired) electrons. The van der Waals surface area contributed by atoms with Crippen molar-refractivity contribution in [3.63, 3.8) is 0 Å². The lowest BCUT2D eigenvalue weighted by Gasteiger charge is -2.23. The summed E-state index contributed by atoms with van der Waals surface area (Å²) in [6.07, 6.45) is -3.45. The monoisotopic (exact) mass is 454 g/mol. The number of nitrogens with one attached hydrogen (secondary N) is 1. The summed E-state index contributed by atoms with van der Waals surface area (Å²) < 4.78 is 54.3. The molecule has 1 saturated heterocycles. The Morgan fingerprint density at radius 3 is 2.41 bits per heavy atom. The predicted octanol–water partition coefficient (Wildman–Crippen LogP) is 4.02. The van der Waals surface area contributed by atoms with E-state index in [0.29, 0.717) is 18.8 Å². The highest BCUT2D eigenvalue weighted by Gasteiger charge is 2.36. The number of methoxy groups -OCH3 is 1. The number of aromatic nitrogens is 2. The van der Waals surface area contributed by atoms with Crippen LogP contribution in [0.15, 0.2) is 36.7 Å². The van der Waals surface area contributed by atoms with Crippen LogP contribution in [0.5, 0.6) is 11.5 Å². The van der Waals surface area contributed by atoms with Crippen LogP contribution >= 0.6 is 0 Å². The molecule has 0 saturated carbocycles. The van der Waals surface area contributed by atoms with Crippen molar-refractivity contribution in [1.29, 1.82) is 0 Å². The van der Waals surface area contributed by atoms with Gasteiger partial charge < -0.3 is 24.4 Å². The van der Waals surface area contributed by atoms with E-state index in [1.54, 1.807) is 46.1 Å². The predicted molar refractivity (Wildman–Crippen MR) is 110 cm³/mol. The number of anilines is 1. The minimum atomic E-state index is -4.62. The fourth-order valence-electron chi connectivity index (χ4n) is 3.22. The van der Waals surface area contributed by atoms with E-state index < -0.39 is 23.7 Å². The number of hydrogen-bond acceptors (Lipinski definition) is 7. The molecule has 1 aromatic heterocycles. The molecule has 8 nitrogen and oxygen atoms in total. The Hall–Kier alpha value is -3.08. The van der Waals surface area contributed by atoms with E-state index in [0.717, 1.165) is 18.1 Å². The average Bonchev–Trinajstić information content (AvgIpc) is 3.09. The molecule has 11 heteroatoms. The Morgan fingerprint density at radius 2 is 1.81 bits per heavy atom. The van der Waals surface area contributed by atoms with E-state index in [1.165, 1.54) is 0 Å². The second kappa shape index (κ2) is 9.19. The SMILES string of the molecule is CO[C@H]1CN(c2cccc(Oc3cnc(C(F)(F)F)nc3)c2)C[C@H]1NC(=O)OC(C)(C)C. The van der Waals surface area contributed by atoms with E-state index in [2.05, 4.69) is 15.3 Å². The summed E-state index contributed by atoms with van der Waals surface area (Å²) in [4.78, 5) is 20.7. The zero-order chi connectivity index (χ0) is 23.5. The number of amides is 1. The molecule has 1 aliphatic rings. The van der Waals surface area contributed by atoms with Crippen LogP contribution in [0.4, 0.5) is 23.7 Å². The normalized spacial score (nSPS) is 19.0. The highest BCUT2D eigenvalue weighted by atomic mass is 19.4. The van der Waals surface area contributed by atoms with E-state index in [1.807, 2.05) is 11.0 Å². The van der Waals surface area contributed by atoms with E-state index >= 15 is 0 Å². The second-order valence-corrected chi connectivity index (χ2v) is 8.27. The Balaban J connectivity index is 1.67. The Morgan fingerprint density at radius 1 is 1.12 bits per heavy atom. The number of nitrogens with zero attached hydrogens (tertiary/aromatic N) is 3. The van der Waals surface area contributed by atoms with Gasteiger partial charge in [0.2, 0.25) is 5.82 Å². The first-order valence-corrected chi connectivity index (χ1v) is 9.89. The summed E-state index contributed by atoms with van der Waals surface area (Å²) in [6, 6.07) is 6.73. The van der Waals surface area contributed by atoms with Gasteiger partial charge in [-0.2, -0.15) is 13.2 Å². The summed E-state index contributed by atoms with van der Waals surface area (Å²) >= 11 is 0. The van der Waals surface area contributed by atoms with Gasteiger partial charge >= 0.3 is 12.3 Å². The number of benzene rings is 1. The average molecular weight is 454 g/mol. The standard InChI is InChI=1S/C21H25F3N4O4/c1-20(2,3)32-19(29)27-16-11-28(12-17(16)30-4)13-6-5-7-14(8-13)31-15-9-25-18(26-10-15)21(22,23)24/h5-10,16-17H,11-12H2,1-4H3,(H,27,29)/t16-,17+/m1/s1. The summed E-state index contributed by atoms with van der Waals surface area (Å²) in [7, 11) is 1.57. The van der Waals surface area contributed by atoms with Crippen LogP contribution in [0, 0.1) is 0 Å². The molecule has 0 bridgehead atoms. The first-order chi connectivity index (χ1) is 14.9. The Labute approximate surface area is 183 Å². The van der Waals surface area contributed by atoms with Crippen molar-refractivity contribution in [2.45, 2.75) is 44.7 Å². The fourth-order valence-corrected chi connectivity index (χ4v) is 3.22. The molecule has 174 valence electrons. The van der Waals surface area contributed by atoms with E-state index in [9.17, 15) is 18.0 Å². The van der Waals surface area contributed by atoms with Crippen LogP contribution < -0.4 is 15.0 Å². The first kappa shape index (κ1) is 23.6. The van der Waals surface area contributed by atoms with Gasteiger partial charge in [0.25, 0.3) is 0 Å². The highest BCUT2D eigenvalue weighted by Crippen LogP contribution is 2.30. The summed E-state index contributed by atoms with van der Waals surface area (Å²) in [5.74, 6) is -0.746. The van der Waals surface area contributed by atoms with Crippen molar-refractivity contribution < 1.29 is 32.2 Å². The Kier molecular flexibility index (Phi) is 6.77. The third-order valence-electron chi connectivity index (χ3n) is 4.57. The number of halogens is 3. The van der Waals surface area contributed by atoms with Crippen LogP contribution in [0.2, 0.25) is 0 Å². The minimum absolute atomic E-state index is 0.0795. The third kappa shape index (κ3) is 6.22. The van der Waals surface area contributed by atoms with Crippen LogP contribution in [-0.2, 0) is 15.7 Å². The summed E-state index contributed by atoms with van der Waals surface area (Å²) in [6.45, 7) is 6.35. The molecular weight excluding hydrogens is 429 g/mol. The first-order valence-electron chi connectivity index (χ1n) is 9.89. The molecule has 0 spiro atoms. The minimum Gasteiger partial charge on any atom is -0.454 e. The third-order valence-corrected chi connectivity index (χ3v) is 4.57. The lowest BCUT2D eigenvalue weighted by Crippen LogP contribution is -2.45. The zero-order valence-electron chi connectivity index (χ0n) is 18.1. The number of hydrogen-bond donors (Lipinski definition) is 1. The molecule has 1 aromatic carbocycles. The maximum atomic E-state index is 12.6. The maximum Gasteiger partial charge on any atom is 0.451 e. The lowest BCUT2D eigenvalue weighted by atomic mass is 10.2. The molecule has 0 unspecified atom stereocenters. The van der Waals surface area contributed by atoms with Crippen LogP contribution in [0.1, 0.15) is 26.6 Å². The van der Waals surface area contributed by atoms with Crippen molar-refractivity contribution in [2.75, 3.05) is 25.1 Å². The molecule has 32 heavy (non-hydrogen) atoms. The number of carbonyl (C=O) groups is 1. The second-order valence-electron chi connectivity index (χ2n) is 8.27. The quantitative estimate of drug-likeness (QED) is 0.731. The molecule has 1 amide bonds. The van der Waals surface area contributed by atoms with E-state index in [4.69, 9.17) is 14.2 Å². The van der Waals surface area contributed by atoms with Gasteiger partial charge in [-0.25, -0.2) is 14.8 Å². The fraction of sp³-hybridized carbons (Fsp3) is 0.476. The molecule has 2 atom stereocenters. The number of rotatable bonds is 5. The van der Waals surface area contributed by atoms with Crippen molar-refractivity contribution in [3.05, 3.63) is 42.5 Å². The molecule has 1 aliphatic heterocycles. The van der Waals surface area contributed by atoms with Gasteiger partial charge in [-0.3, -0.25) is 0 Å². The number of alkyl carbamates (subject to hydrolysis) is 1. The van der Waals surface area contributed by atoms with Crippen LogP contribution in [0.3, 0.4) is 0 Å². The largest absolute Gasteiger partial charge is 0.454 e. The van der Waals surface area contributed by atoms with E-state index in [-0.39, 0.29) is 17.9 Å². The van der Waals surface area contributed by atoms with Crippen molar-refractivity contribution in [1.82, 2.24) is 15.3 Å². The van der Waals surface area contributed by atoms with Gasteiger partial charge in [0.05, 0.1) is 24.5 Å². The smallest absolute Gasteiger partial charge is 0.451 e. The van der Waals surface area contributed by atoms with Gasteiger partial charge in [0.15, 0.2) is 5.75 Å². The number of ether oxygens (including phenoxy) is 3. The molecule has 1 N–H and O–H groups in total. The molecule has 3 rings (SSSR count). The zero-order valence-corrected chi connectivity index (χ0v) is 18.1. The molecule has 2 aromatic rings. The van der Waals surface area contributed by atoms with Gasteiger partial charge in [-0.1, -0.05) is 6.07 Å². The summed E-state index contributed by atoms with van der Waals surface area (Å²) in [5.41, 5.74) is 0.185. The molecule has 2 heterocycles. The topological polar surface area (TPSA) is 85.8 Å². The highest BCUT2D eigenvalue weighted by molar-refractivity contribution is 5.68. The molecule has 1 fully saturated rings. The Bertz CT molecular complexity index is 932. The van der Waals surface area contributed by atoms with Gasteiger partial charge in [0.1, 0.15) is 11.4 Å². The van der Waals surface area contributed by atoms with Gasteiger partial charge in [-0.05, 0) is 32.9 Å². The molecular formula is C21H25F3N4O4. The molecule has 0 aliphatic carbocycles. The number of alkyl halides is 3. The lowest BCUT2D eigenvalue weighted by molar-refractivity contribution is -0.145. The maximum absolute atomic E-state index is 12.6. The van der Waals surface area contributed by atoms with Gasteiger partial charge in [-0.15, -0.1) is 0 Å². The van der Waals surface area contributed by atoms with Crippen LogP contribution in [-0.4, -0.2) is 54.0 Å². The van der Waals surface area contributed by atoms with Crippen molar-refractivity contribution >= 4 is 11.8 Å². The van der Waals surface area contributed by atoms with Crippen LogP contribution in [0.25, 0.3) is 0 Å². The number of carbonyl (C=O) groups excluding carboxylic acids is 1. The van der Waals surface area contributed by atoms with Crippen molar-refractivity contribution in [2.24, 2.45) is 0 Å². The summed E-state index contributed by atoms with van der Waals surface area (Å²) in [5, 5.41) is 2.84.